The van der Waals surface area contributed by atoms with Crippen LogP contribution in [0.3, 0.4) is 0 Å². The molecule has 0 aromatic rings. The Kier molecular flexibility index (Phi) is 18.3. The van der Waals surface area contributed by atoms with E-state index in [-0.39, 0.29) is 6.90 Å². The summed E-state index contributed by atoms with van der Waals surface area (Å²) in [7, 11) is 0. The SMILES string of the molecule is CC.CC(C)CCC(C)C(C)CCC(C)C.O.[HH]. The van der Waals surface area contributed by atoms with Gasteiger partial charge in [0.1, 0.15) is 0 Å². The Morgan fingerprint density at radius 1 is 0.588 bits per heavy atom. The lowest BCUT2D eigenvalue weighted by molar-refractivity contribution is 0.303. The van der Waals surface area contributed by atoms with Gasteiger partial charge in [0, 0.05) is 1.43 Å². The minimum Gasteiger partial charge on any atom is -0.412 e. The first-order valence-corrected chi connectivity index (χ1v) is 7.43. The molecule has 0 bridgehead atoms. The van der Waals surface area contributed by atoms with Crippen LogP contribution in [0.2, 0.25) is 0 Å². The van der Waals surface area contributed by atoms with E-state index < -0.39 is 0 Å². The van der Waals surface area contributed by atoms with E-state index in [1.807, 2.05) is 13.8 Å². The lowest BCUT2D eigenvalue weighted by atomic mass is 9.85. The molecule has 0 fully saturated rings. The van der Waals surface area contributed by atoms with Gasteiger partial charge in [-0.25, -0.2) is 0 Å². The van der Waals surface area contributed by atoms with Crippen LogP contribution < -0.4 is 0 Å². The Hall–Kier alpha value is -0.0400. The van der Waals surface area contributed by atoms with Crippen molar-refractivity contribution in [2.24, 2.45) is 23.7 Å². The van der Waals surface area contributed by atoms with Gasteiger partial charge in [-0.1, -0.05) is 81.1 Å². The molecule has 0 aromatic heterocycles. The second-order valence-corrected chi connectivity index (χ2v) is 5.90. The maximum absolute atomic E-state index is 2.42. The molecule has 2 atom stereocenters. The summed E-state index contributed by atoms with van der Waals surface area (Å²) in [6, 6.07) is 0. The molecule has 17 heavy (non-hydrogen) atoms. The van der Waals surface area contributed by atoms with Crippen molar-refractivity contribution in [1.29, 1.82) is 0 Å². The lowest BCUT2D eigenvalue weighted by Gasteiger charge is -2.21. The van der Waals surface area contributed by atoms with E-state index in [2.05, 4.69) is 41.5 Å². The van der Waals surface area contributed by atoms with Gasteiger partial charge in [0.05, 0.1) is 0 Å². The van der Waals surface area contributed by atoms with E-state index in [0.29, 0.717) is 0 Å². The number of hydrogen-bond donors (Lipinski definition) is 0. The van der Waals surface area contributed by atoms with Gasteiger partial charge >= 0.3 is 0 Å². The second-order valence-electron chi connectivity index (χ2n) is 5.90. The quantitative estimate of drug-likeness (QED) is 0.563. The van der Waals surface area contributed by atoms with E-state index >= 15 is 0 Å². The predicted octanol–water partition coefficient (Wildman–Crippen LogP) is 5.58. The topological polar surface area (TPSA) is 31.5 Å². The van der Waals surface area contributed by atoms with Crippen LogP contribution in [0.15, 0.2) is 0 Å². The number of hydrogen-bond acceptors (Lipinski definition) is 0. The summed E-state index contributed by atoms with van der Waals surface area (Å²) in [5.41, 5.74) is 0. The summed E-state index contributed by atoms with van der Waals surface area (Å²) in [6.45, 7) is 18.1. The Labute approximate surface area is 112 Å². The smallest absolute Gasteiger partial charge is 0 e. The van der Waals surface area contributed by atoms with Crippen LogP contribution in [-0.4, -0.2) is 5.48 Å². The molecular formula is C16H40O. The van der Waals surface area contributed by atoms with Crippen molar-refractivity contribution in [2.45, 2.75) is 81.1 Å². The van der Waals surface area contributed by atoms with Gasteiger partial charge in [0.2, 0.25) is 0 Å². The fourth-order valence-electron chi connectivity index (χ4n) is 1.76. The molecule has 1 heteroatoms. The highest BCUT2D eigenvalue weighted by Crippen LogP contribution is 2.24. The summed E-state index contributed by atoms with van der Waals surface area (Å²) in [5, 5.41) is 0. The van der Waals surface area contributed by atoms with Gasteiger partial charge < -0.3 is 5.48 Å². The van der Waals surface area contributed by atoms with Gasteiger partial charge in [-0.2, -0.15) is 0 Å². The van der Waals surface area contributed by atoms with Crippen molar-refractivity contribution in [1.82, 2.24) is 0 Å². The van der Waals surface area contributed by atoms with E-state index in [1.165, 1.54) is 25.7 Å². The highest BCUT2D eigenvalue weighted by Gasteiger charge is 2.12. The largest absolute Gasteiger partial charge is 0.412 e. The third kappa shape index (κ3) is 16.0. The summed E-state index contributed by atoms with van der Waals surface area (Å²) in [5.74, 6) is 3.57. The molecule has 0 radical (unpaired) electrons. The minimum atomic E-state index is 0. The average Bonchev–Trinajstić information content (AvgIpc) is 2.25. The van der Waals surface area contributed by atoms with Crippen LogP contribution >= 0.6 is 0 Å². The van der Waals surface area contributed by atoms with Gasteiger partial charge in [-0.15, -0.1) is 0 Å². The maximum Gasteiger partial charge on any atom is 0 e. The molecule has 0 heterocycles. The van der Waals surface area contributed by atoms with Crippen molar-refractivity contribution < 1.29 is 6.90 Å². The molecule has 0 aliphatic heterocycles. The van der Waals surface area contributed by atoms with Gasteiger partial charge in [-0.3, -0.25) is 0 Å². The van der Waals surface area contributed by atoms with E-state index in [4.69, 9.17) is 0 Å². The van der Waals surface area contributed by atoms with Crippen molar-refractivity contribution in [3.63, 3.8) is 0 Å². The minimum absolute atomic E-state index is 0. The Balaban J connectivity index is -0.000000232. The Bertz CT molecular complexity index is 119. The lowest BCUT2D eigenvalue weighted by Crippen LogP contribution is -2.10. The fourth-order valence-corrected chi connectivity index (χ4v) is 1.76. The summed E-state index contributed by atoms with van der Waals surface area (Å²) < 4.78 is 0. The third-order valence-corrected chi connectivity index (χ3v) is 3.37. The van der Waals surface area contributed by atoms with Crippen molar-refractivity contribution in [3.05, 3.63) is 0 Å². The predicted molar refractivity (Wildman–Crippen MR) is 83.5 cm³/mol. The first kappa shape index (κ1) is 22.2. The number of rotatable bonds is 7. The molecule has 0 aromatic carbocycles. The zero-order chi connectivity index (χ0) is 13.1. The van der Waals surface area contributed by atoms with Gasteiger partial charge in [-0.05, 0) is 23.7 Å². The van der Waals surface area contributed by atoms with Crippen LogP contribution in [0.5, 0.6) is 0 Å². The summed E-state index contributed by atoms with van der Waals surface area (Å²) in [4.78, 5) is 0. The zero-order valence-electron chi connectivity index (χ0n) is 13.6. The van der Waals surface area contributed by atoms with Crippen LogP contribution in [0.1, 0.15) is 82.5 Å². The van der Waals surface area contributed by atoms with Crippen LogP contribution in [-0.2, 0) is 0 Å². The van der Waals surface area contributed by atoms with Crippen molar-refractivity contribution in [2.75, 3.05) is 0 Å². The Morgan fingerprint density at radius 3 is 1.00 bits per heavy atom. The average molecular weight is 248 g/mol. The monoisotopic (exact) mass is 248 g/mol. The highest BCUT2D eigenvalue weighted by atomic mass is 16.0. The van der Waals surface area contributed by atoms with Crippen molar-refractivity contribution in [3.8, 4) is 0 Å². The van der Waals surface area contributed by atoms with Crippen LogP contribution in [0.25, 0.3) is 0 Å². The van der Waals surface area contributed by atoms with Crippen LogP contribution in [0.4, 0.5) is 0 Å². The second kappa shape index (κ2) is 14.0. The van der Waals surface area contributed by atoms with Crippen LogP contribution in [0, 0.1) is 23.7 Å². The maximum atomic E-state index is 2.42. The molecule has 110 valence electrons. The molecule has 0 amide bonds. The van der Waals surface area contributed by atoms with E-state index in [0.717, 1.165) is 23.7 Å². The molecule has 0 spiro atoms. The summed E-state index contributed by atoms with van der Waals surface area (Å²) >= 11 is 0. The molecule has 1 nitrogen and oxygen atoms in total. The molecule has 0 saturated heterocycles. The Morgan fingerprint density at radius 2 is 0.824 bits per heavy atom. The van der Waals surface area contributed by atoms with E-state index in [9.17, 15) is 0 Å². The normalized spacial score (nSPS) is 13.8. The molecular weight excluding hydrogens is 208 g/mol. The van der Waals surface area contributed by atoms with Crippen molar-refractivity contribution >= 4 is 0 Å². The van der Waals surface area contributed by atoms with Gasteiger partial charge in [0.15, 0.2) is 0 Å². The molecule has 0 saturated carbocycles. The molecule has 0 aliphatic rings. The zero-order valence-corrected chi connectivity index (χ0v) is 13.6. The first-order valence-electron chi connectivity index (χ1n) is 7.43. The molecule has 0 aliphatic carbocycles. The molecule has 2 N–H and O–H groups in total. The molecule has 2 unspecified atom stereocenters. The first-order chi connectivity index (χ1) is 7.43. The fraction of sp³-hybridized carbons (Fsp3) is 1.00. The molecule has 0 rings (SSSR count). The van der Waals surface area contributed by atoms with Gasteiger partial charge in [0.25, 0.3) is 0 Å². The highest BCUT2D eigenvalue weighted by molar-refractivity contribution is 4.64. The summed E-state index contributed by atoms with van der Waals surface area (Å²) in [6.07, 6.45) is 5.62. The third-order valence-electron chi connectivity index (χ3n) is 3.37. The standard InChI is InChI=1S/C14H30.C2H6.H2O.H2/c1-11(2)7-9-13(5)14(6)10-8-12(3)4;1-2;;/h11-14H,7-10H2,1-6H3;1-2H3;1H2;1H. The van der Waals surface area contributed by atoms with E-state index in [1.54, 1.807) is 0 Å².